The maximum atomic E-state index is 12.0. The van der Waals surface area contributed by atoms with Gasteiger partial charge in [0.25, 0.3) is 5.91 Å². The number of benzene rings is 2. The number of methoxy groups -OCH3 is 1. The Morgan fingerprint density at radius 2 is 1.93 bits per heavy atom. The number of hydrazine groups is 1. The van der Waals surface area contributed by atoms with Crippen molar-refractivity contribution >= 4 is 34.2 Å². The molecule has 0 aliphatic carbocycles. The van der Waals surface area contributed by atoms with Crippen molar-refractivity contribution in [1.82, 2.24) is 5.43 Å². The second kappa shape index (κ2) is 8.01. The molecule has 2 aromatic carbocycles. The normalized spacial score (nSPS) is 10.5. The molecule has 1 aromatic heterocycles. The summed E-state index contributed by atoms with van der Waals surface area (Å²) in [6, 6.07) is 11.4. The number of anilines is 1. The van der Waals surface area contributed by atoms with Gasteiger partial charge in [-0.2, -0.15) is 0 Å². The number of halogens is 1. The summed E-state index contributed by atoms with van der Waals surface area (Å²) in [5.41, 5.74) is 6.56. The lowest BCUT2D eigenvalue weighted by molar-refractivity contribution is -0.122. The lowest BCUT2D eigenvalue weighted by Gasteiger charge is -2.12. The Bertz CT molecular complexity index is 1050. The van der Waals surface area contributed by atoms with Crippen LogP contribution >= 0.6 is 11.6 Å². The van der Waals surface area contributed by atoms with Crippen LogP contribution in [0.3, 0.4) is 0 Å². The van der Waals surface area contributed by atoms with Crippen LogP contribution in [0.4, 0.5) is 5.69 Å². The molecule has 27 heavy (non-hydrogen) atoms. The highest BCUT2D eigenvalue weighted by Gasteiger charge is 2.08. The van der Waals surface area contributed by atoms with Gasteiger partial charge in [0.1, 0.15) is 17.1 Å². The molecule has 0 saturated carbocycles. The molecule has 0 aliphatic rings. The Kier molecular flexibility index (Phi) is 5.52. The van der Waals surface area contributed by atoms with Crippen LogP contribution in [0, 0.1) is 6.92 Å². The van der Waals surface area contributed by atoms with Crippen LogP contribution in [0.15, 0.2) is 51.7 Å². The maximum absolute atomic E-state index is 12.0. The standard InChI is InChI=1S/C19H17ClN2O5/c1-11-7-19(24)27-17-6-4-13(8-14(11)17)26-10-18(23)22-21-16-9-12(25-2)3-5-15(16)20/h3-9,21H,10H2,1-2H3,(H,22,23). The average molecular weight is 389 g/mol. The zero-order valence-electron chi connectivity index (χ0n) is 14.7. The van der Waals surface area contributed by atoms with Crippen LogP contribution in [0.25, 0.3) is 11.0 Å². The van der Waals surface area contributed by atoms with E-state index >= 15 is 0 Å². The molecule has 7 nitrogen and oxygen atoms in total. The first-order chi connectivity index (χ1) is 13.0. The minimum atomic E-state index is -0.407. The van der Waals surface area contributed by atoms with Crippen molar-refractivity contribution in [3.05, 3.63) is 63.5 Å². The fourth-order valence-corrected chi connectivity index (χ4v) is 2.60. The second-order valence-corrected chi connectivity index (χ2v) is 6.12. The van der Waals surface area contributed by atoms with Crippen molar-refractivity contribution in [3.63, 3.8) is 0 Å². The summed E-state index contributed by atoms with van der Waals surface area (Å²) in [6.07, 6.45) is 0. The SMILES string of the molecule is COc1ccc(Cl)c(NNC(=O)COc2ccc3oc(=O)cc(C)c3c2)c1. The van der Waals surface area contributed by atoms with Crippen molar-refractivity contribution in [2.45, 2.75) is 6.92 Å². The molecule has 0 unspecified atom stereocenters. The average Bonchev–Trinajstić information content (AvgIpc) is 2.65. The topological polar surface area (TPSA) is 89.8 Å². The monoisotopic (exact) mass is 388 g/mol. The molecule has 0 radical (unpaired) electrons. The molecule has 0 fully saturated rings. The number of ether oxygens (including phenoxy) is 2. The van der Waals surface area contributed by atoms with E-state index in [-0.39, 0.29) is 6.61 Å². The Morgan fingerprint density at radius 1 is 1.15 bits per heavy atom. The van der Waals surface area contributed by atoms with E-state index in [2.05, 4.69) is 10.9 Å². The van der Waals surface area contributed by atoms with E-state index < -0.39 is 11.5 Å². The van der Waals surface area contributed by atoms with E-state index in [1.807, 2.05) is 0 Å². The number of carbonyl (C=O) groups excluding carboxylic acids is 1. The van der Waals surface area contributed by atoms with Crippen LogP contribution < -0.4 is 26.0 Å². The molecule has 140 valence electrons. The molecule has 0 saturated heterocycles. The Morgan fingerprint density at radius 3 is 2.70 bits per heavy atom. The lowest BCUT2D eigenvalue weighted by Crippen LogP contribution is -2.33. The summed E-state index contributed by atoms with van der Waals surface area (Å²) in [7, 11) is 1.54. The van der Waals surface area contributed by atoms with Gasteiger partial charge < -0.3 is 13.9 Å². The summed E-state index contributed by atoms with van der Waals surface area (Å²) in [6.45, 7) is 1.59. The van der Waals surface area contributed by atoms with Gasteiger partial charge >= 0.3 is 5.63 Å². The highest BCUT2D eigenvalue weighted by atomic mass is 35.5. The first kappa shape index (κ1) is 18.6. The van der Waals surface area contributed by atoms with E-state index in [0.29, 0.717) is 27.8 Å². The van der Waals surface area contributed by atoms with E-state index in [4.69, 9.17) is 25.5 Å². The van der Waals surface area contributed by atoms with Crippen LogP contribution in [-0.4, -0.2) is 19.6 Å². The van der Waals surface area contributed by atoms with E-state index in [0.717, 1.165) is 10.9 Å². The molecule has 2 N–H and O–H groups in total. The van der Waals surface area contributed by atoms with Crippen molar-refractivity contribution in [1.29, 1.82) is 0 Å². The quantitative estimate of drug-likeness (QED) is 0.497. The van der Waals surface area contributed by atoms with Gasteiger partial charge in [0, 0.05) is 17.5 Å². The molecule has 0 spiro atoms. The van der Waals surface area contributed by atoms with Crippen molar-refractivity contribution in [2.24, 2.45) is 0 Å². The lowest BCUT2D eigenvalue weighted by atomic mass is 10.1. The molecular weight excluding hydrogens is 372 g/mol. The predicted molar refractivity (Wildman–Crippen MR) is 102 cm³/mol. The number of nitrogens with one attached hydrogen (secondary N) is 2. The summed E-state index contributed by atoms with van der Waals surface area (Å²) in [5, 5.41) is 1.18. The van der Waals surface area contributed by atoms with Crippen molar-refractivity contribution in [2.75, 3.05) is 19.1 Å². The molecule has 0 atom stereocenters. The largest absolute Gasteiger partial charge is 0.497 e. The molecule has 3 rings (SSSR count). The number of rotatable bonds is 6. The Labute approximate surface area is 159 Å². The van der Waals surface area contributed by atoms with Crippen LogP contribution in [0.5, 0.6) is 11.5 Å². The highest BCUT2D eigenvalue weighted by Crippen LogP contribution is 2.26. The summed E-state index contributed by atoms with van der Waals surface area (Å²) in [4.78, 5) is 23.4. The van der Waals surface area contributed by atoms with Gasteiger partial charge in [-0.25, -0.2) is 4.79 Å². The summed E-state index contributed by atoms with van der Waals surface area (Å²) >= 11 is 6.06. The third-order valence-corrected chi connectivity index (χ3v) is 4.13. The minimum absolute atomic E-state index is 0.212. The summed E-state index contributed by atoms with van der Waals surface area (Å²) in [5.74, 6) is 0.685. The van der Waals surface area contributed by atoms with Gasteiger partial charge in [0.05, 0.1) is 17.8 Å². The molecule has 0 aliphatic heterocycles. The number of amides is 1. The number of aryl methyl sites for hydroxylation is 1. The zero-order chi connectivity index (χ0) is 19.4. The Hall–Kier alpha value is -3.19. The molecular formula is C19H17ClN2O5. The number of hydrogen-bond acceptors (Lipinski definition) is 6. The first-order valence-electron chi connectivity index (χ1n) is 8.02. The molecule has 1 heterocycles. The Balaban J connectivity index is 1.61. The highest BCUT2D eigenvalue weighted by molar-refractivity contribution is 6.33. The van der Waals surface area contributed by atoms with Gasteiger partial charge in [-0.3, -0.25) is 15.6 Å². The van der Waals surface area contributed by atoms with Gasteiger partial charge in [0.15, 0.2) is 6.61 Å². The molecule has 3 aromatic rings. The third-order valence-electron chi connectivity index (χ3n) is 3.80. The number of fused-ring (bicyclic) bond motifs is 1. The first-order valence-corrected chi connectivity index (χ1v) is 8.40. The van der Waals surface area contributed by atoms with E-state index in [9.17, 15) is 9.59 Å². The van der Waals surface area contributed by atoms with Gasteiger partial charge in [-0.05, 0) is 42.8 Å². The van der Waals surface area contributed by atoms with Crippen LogP contribution in [0.2, 0.25) is 5.02 Å². The maximum Gasteiger partial charge on any atom is 0.336 e. The van der Waals surface area contributed by atoms with Crippen molar-refractivity contribution < 1.29 is 18.7 Å². The van der Waals surface area contributed by atoms with Crippen LogP contribution in [-0.2, 0) is 4.79 Å². The predicted octanol–water partition coefficient (Wildman–Crippen LogP) is 3.29. The van der Waals surface area contributed by atoms with Gasteiger partial charge in [0.2, 0.25) is 0 Å². The molecule has 8 heteroatoms. The van der Waals surface area contributed by atoms with Gasteiger partial charge in [-0.1, -0.05) is 11.6 Å². The van der Waals surface area contributed by atoms with Gasteiger partial charge in [-0.15, -0.1) is 0 Å². The second-order valence-electron chi connectivity index (χ2n) is 5.71. The van der Waals surface area contributed by atoms with Crippen molar-refractivity contribution in [3.8, 4) is 11.5 Å². The fraction of sp³-hybridized carbons (Fsp3) is 0.158. The minimum Gasteiger partial charge on any atom is -0.497 e. The number of hydrogen-bond donors (Lipinski definition) is 2. The molecule has 1 amide bonds. The van der Waals surface area contributed by atoms with E-state index in [1.54, 1.807) is 43.3 Å². The van der Waals surface area contributed by atoms with E-state index in [1.165, 1.54) is 13.2 Å². The summed E-state index contributed by atoms with van der Waals surface area (Å²) < 4.78 is 15.7. The number of carbonyl (C=O) groups is 1. The van der Waals surface area contributed by atoms with Crippen LogP contribution in [0.1, 0.15) is 5.56 Å². The molecule has 0 bridgehead atoms. The smallest absolute Gasteiger partial charge is 0.336 e. The zero-order valence-corrected chi connectivity index (χ0v) is 15.4. The fourth-order valence-electron chi connectivity index (χ4n) is 2.44. The third kappa shape index (κ3) is 4.51.